The van der Waals surface area contributed by atoms with Crippen LogP contribution in [0.5, 0.6) is 11.5 Å². The molecule has 0 saturated heterocycles. The first-order valence-corrected chi connectivity index (χ1v) is 10.7. The second kappa shape index (κ2) is 9.11. The van der Waals surface area contributed by atoms with Crippen LogP contribution in [0.2, 0.25) is 0 Å². The number of methoxy groups -OCH3 is 2. The largest absolute Gasteiger partial charge is 0.497 e. The minimum absolute atomic E-state index is 0.0429. The average Bonchev–Trinajstić information content (AvgIpc) is 3.24. The lowest BCUT2D eigenvalue weighted by Gasteiger charge is -2.21. The zero-order valence-electron chi connectivity index (χ0n) is 16.8. The van der Waals surface area contributed by atoms with Gasteiger partial charge in [0.05, 0.1) is 14.2 Å². The van der Waals surface area contributed by atoms with Gasteiger partial charge in [-0.2, -0.15) is 9.40 Å². The molecule has 8 heteroatoms. The molecule has 0 aliphatic heterocycles. The third-order valence-electron chi connectivity index (χ3n) is 4.58. The molecule has 0 aliphatic rings. The monoisotopic (exact) mass is 415 g/mol. The Bertz CT molecular complexity index is 979. The smallest absolute Gasteiger partial charge is 0.262 e. The molecule has 1 aromatic heterocycles. The van der Waals surface area contributed by atoms with Crippen molar-refractivity contribution < 1.29 is 17.9 Å². The van der Waals surface area contributed by atoms with Gasteiger partial charge in [-0.3, -0.25) is 4.68 Å². The Morgan fingerprint density at radius 1 is 0.862 bits per heavy atom. The molecule has 7 nitrogen and oxygen atoms in total. The Morgan fingerprint density at radius 2 is 1.34 bits per heavy atom. The summed E-state index contributed by atoms with van der Waals surface area (Å²) in [4.78, 5) is 0. The maximum atomic E-state index is 13.3. The Kier molecular flexibility index (Phi) is 6.56. The number of benzene rings is 2. The molecule has 154 valence electrons. The van der Waals surface area contributed by atoms with Gasteiger partial charge in [-0.25, -0.2) is 8.42 Å². The summed E-state index contributed by atoms with van der Waals surface area (Å²) in [6.07, 6.45) is 1.67. The van der Waals surface area contributed by atoms with E-state index in [1.807, 2.05) is 55.5 Å². The zero-order chi connectivity index (χ0) is 20.9. The van der Waals surface area contributed by atoms with Crippen molar-refractivity contribution >= 4 is 10.0 Å². The molecule has 0 aliphatic carbocycles. The Balaban J connectivity index is 1.92. The molecule has 2 aromatic carbocycles. The van der Waals surface area contributed by atoms with Crippen LogP contribution in [0.3, 0.4) is 0 Å². The summed E-state index contributed by atoms with van der Waals surface area (Å²) in [6, 6.07) is 16.3. The maximum Gasteiger partial charge on any atom is 0.262 e. The van der Waals surface area contributed by atoms with Gasteiger partial charge in [-0.05, 0) is 48.4 Å². The molecule has 1 heterocycles. The number of nitrogens with zero attached hydrogens (tertiary/aromatic N) is 3. The first-order chi connectivity index (χ1) is 14.0. The normalized spacial score (nSPS) is 11.6. The fourth-order valence-corrected chi connectivity index (χ4v) is 4.23. The quantitative estimate of drug-likeness (QED) is 0.536. The molecule has 0 bridgehead atoms. The van der Waals surface area contributed by atoms with Crippen LogP contribution in [0.1, 0.15) is 18.1 Å². The molecule has 3 rings (SSSR count). The minimum Gasteiger partial charge on any atom is -0.497 e. The molecule has 0 spiro atoms. The fourth-order valence-electron chi connectivity index (χ4n) is 2.88. The third-order valence-corrected chi connectivity index (χ3v) is 6.26. The van der Waals surface area contributed by atoms with Gasteiger partial charge < -0.3 is 9.47 Å². The van der Waals surface area contributed by atoms with E-state index in [1.165, 1.54) is 10.4 Å². The predicted molar refractivity (Wildman–Crippen MR) is 110 cm³/mol. The first kappa shape index (κ1) is 20.9. The number of hydrogen-bond donors (Lipinski definition) is 0. The van der Waals surface area contributed by atoms with Crippen molar-refractivity contribution in [2.45, 2.75) is 31.6 Å². The van der Waals surface area contributed by atoms with Crippen LogP contribution >= 0.6 is 0 Å². The van der Waals surface area contributed by atoms with Crippen LogP contribution < -0.4 is 9.47 Å². The first-order valence-electron chi connectivity index (χ1n) is 9.25. The number of hydrogen-bond acceptors (Lipinski definition) is 5. The van der Waals surface area contributed by atoms with E-state index >= 15 is 0 Å². The van der Waals surface area contributed by atoms with Crippen molar-refractivity contribution in [1.82, 2.24) is 14.1 Å². The Morgan fingerprint density at radius 3 is 1.72 bits per heavy atom. The Hall–Kier alpha value is -2.84. The van der Waals surface area contributed by atoms with E-state index < -0.39 is 10.0 Å². The highest BCUT2D eigenvalue weighted by Crippen LogP contribution is 2.22. The molecule has 0 fully saturated rings. The molecule has 0 unspecified atom stereocenters. The lowest BCUT2D eigenvalue weighted by Crippen LogP contribution is -2.30. The number of aromatic nitrogens is 2. The van der Waals surface area contributed by atoms with Crippen LogP contribution in [0.4, 0.5) is 0 Å². The van der Waals surface area contributed by atoms with E-state index in [-0.39, 0.29) is 18.1 Å². The lowest BCUT2D eigenvalue weighted by molar-refractivity contribution is 0.395. The molecule has 0 amide bonds. The second-order valence-corrected chi connectivity index (χ2v) is 8.36. The summed E-state index contributed by atoms with van der Waals surface area (Å²) < 4.78 is 40.0. The predicted octanol–water partition coefficient (Wildman–Crippen LogP) is 3.31. The van der Waals surface area contributed by atoms with Crippen molar-refractivity contribution in [2.75, 3.05) is 14.2 Å². The summed E-state index contributed by atoms with van der Waals surface area (Å²) in [5, 5.41) is 4.25. The van der Waals surface area contributed by atoms with Gasteiger partial charge in [-0.1, -0.05) is 24.3 Å². The van der Waals surface area contributed by atoms with E-state index in [9.17, 15) is 8.42 Å². The van der Waals surface area contributed by atoms with Gasteiger partial charge >= 0.3 is 0 Å². The Labute approximate surface area is 171 Å². The van der Waals surface area contributed by atoms with Crippen molar-refractivity contribution in [3.8, 4) is 11.5 Å². The summed E-state index contributed by atoms with van der Waals surface area (Å²) in [5.41, 5.74) is 1.72. The highest BCUT2D eigenvalue weighted by molar-refractivity contribution is 7.89. The van der Waals surface area contributed by atoms with Crippen molar-refractivity contribution in [1.29, 1.82) is 0 Å². The summed E-state index contributed by atoms with van der Waals surface area (Å²) >= 11 is 0. The van der Waals surface area contributed by atoms with E-state index in [0.29, 0.717) is 6.54 Å². The van der Waals surface area contributed by atoms with E-state index in [0.717, 1.165) is 22.6 Å². The van der Waals surface area contributed by atoms with Gasteiger partial charge in [0, 0.05) is 25.8 Å². The minimum atomic E-state index is -3.78. The average molecular weight is 416 g/mol. The molecular weight excluding hydrogens is 390 g/mol. The SMILES string of the molecule is CCn1ccc(S(=O)(=O)N(Cc2ccc(OC)cc2)Cc2ccc(OC)cc2)n1. The highest BCUT2D eigenvalue weighted by atomic mass is 32.2. The fraction of sp³-hybridized carbons (Fsp3) is 0.286. The lowest BCUT2D eigenvalue weighted by atomic mass is 10.2. The number of rotatable bonds is 9. The molecule has 0 atom stereocenters. The van der Waals surface area contributed by atoms with Crippen molar-refractivity contribution in [3.63, 3.8) is 0 Å². The van der Waals surface area contributed by atoms with Crippen LogP contribution in [-0.4, -0.2) is 36.7 Å². The maximum absolute atomic E-state index is 13.3. The molecular formula is C21H25N3O4S. The van der Waals surface area contributed by atoms with Crippen molar-refractivity contribution in [3.05, 3.63) is 71.9 Å². The van der Waals surface area contributed by atoms with E-state index in [1.54, 1.807) is 25.1 Å². The third kappa shape index (κ3) is 4.96. The topological polar surface area (TPSA) is 73.7 Å². The summed E-state index contributed by atoms with van der Waals surface area (Å²) in [6.45, 7) is 2.96. The molecule has 3 aromatic rings. The van der Waals surface area contributed by atoms with Crippen molar-refractivity contribution in [2.24, 2.45) is 0 Å². The van der Waals surface area contributed by atoms with Gasteiger partial charge in [0.25, 0.3) is 10.0 Å². The van der Waals surface area contributed by atoms with Crippen LogP contribution in [0.15, 0.2) is 65.8 Å². The molecule has 0 radical (unpaired) electrons. The number of sulfonamides is 1. The van der Waals surface area contributed by atoms with E-state index in [2.05, 4.69) is 5.10 Å². The van der Waals surface area contributed by atoms with Gasteiger partial charge in [0.15, 0.2) is 5.03 Å². The van der Waals surface area contributed by atoms with Crippen LogP contribution in [0.25, 0.3) is 0 Å². The summed E-state index contributed by atoms with van der Waals surface area (Å²) in [5.74, 6) is 1.44. The second-order valence-electron chi connectivity index (χ2n) is 6.48. The van der Waals surface area contributed by atoms with Crippen LogP contribution in [-0.2, 0) is 29.7 Å². The highest BCUT2D eigenvalue weighted by Gasteiger charge is 2.27. The van der Waals surface area contributed by atoms with Gasteiger partial charge in [0.2, 0.25) is 0 Å². The van der Waals surface area contributed by atoms with Gasteiger partial charge in [-0.15, -0.1) is 0 Å². The number of ether oxygens (including phenoxy) is 2. The van der Waals surface area contributed by atoms with E-state index in [4.69, 9.17) is 9.47 Å². The van der Waals surface area contributed by atoms with Crippen LogP contribution in [0, 0.1) is 0 Å². The molecule has 29 heavy (non-hydrogen) atoms. The molecule has 0 saturated carbocycles. The standard InChI is InChI=1S/C21H25N3O4S/c1-4-23-14-13-21(22-23)29(25,26)24(15-17-5-9-19(27-2)10-6-17)16-18-7-11-20(28-3)12-8-18/h5-14H,4,15-16H2,1-3H3. The molecule has 0 N–H and O–H groups in total. The van der Waals surface area contributed by atoms with Gasteiger partial charge in [0.1, 0.15) is 11.5 Å². The number of aryl methyl sites for hydroxylation is 1. The summed E-state index contributed by atoms with van der Waals surface area (Å²) in [7, 11) is -0.586. The zero-order valence-corrected chi connectivity index (χ0v) is 17.6.